The SMILES string of the molecule is Cc1ccc2c(c1)C(=O)/C(=C\c1ccc3c(c1)C(C)(C)c1cc(-c4ccccc4)ccc1N3c1ccccc1)C2=O. The third-order valence-electron chi connectivity index (χ3n) is 8.43. The molecule has 3 nitrogen and oxygen atoms in total. The van der Waals surface area contributed by atoms with E-state index in [2.05, 4.69) is 97.6 Å². The van der Waals surface area contributed by atoms with Crippen LogP contribution in [0.4, 0.5) is 17.1 Å². The summed E-state index contributed by atoms with van der Waals surface area (Å²) < 4.78 is 0. The number of para-hydroxylation sites is 1. The number of benzene rings is 5. The molecule has 7 rings (SSSR count). The Bertz CT molecular complexity index is 1900. The fourth-order valence-electron chi connectivity index (χ4n) is 6.25. The van der Waals surface area contributed by atoms with Gasteiger partial charge >= 0.3 is 0 Å². The Balaban J connectivity index is 1.39. The third-order valence-corrected chi connectivity index (χ3v) is 8.43. The summed E-state index contributed by atoms with van der Waals surface area (Å²) in [7, 11) is 0. The monoisotopic (exact) mass is 531 g/mol. The summed E-state index contributed by atoms with van der Waals surface area (Å²) in [4.78, 5) is 28.8. The highest BCUT2D eigenvalue weighted by molar-refractivity contribution is 6.41. The maximum absolute atomic E-state index is 13.3. The first-order valence-corrected chi connectivity index (χ1v) is 13.9. The van der Waals surface area contributed by atoms with Crippen LogP contribution in [0.15, 0.2) is 121 Å². The van der Waals surface area contributed by atoms with E-state index in [1.807, 2.05) is 37.3 Å². The van der Waals surface area contributed by atoms with Gasteiger partial charge < -0.3 is 4.90 Å². The van der Waals surface area contributed by atoms with Crippen LogP contribution < -0.4 is 4.90 Å². The number of hydrogen-bond donors (Lipinski definition) is 0. The Morgan fingerprint density at radius 1 is 0.610 bits per heavy atom. The van der Waals surface area contributed by atoms with Gasteiger partial charge in [-0.15, -0.1) is 0 Å². The molecule has 0 spiro atoms. The van der Waals surface area contributed by atoms with Gasteiger partial charge in [-0.1, -0.05) is 92.2 Å². The Labute approximate surface area is 240 Å². The Kier molecular flexibility index (Phi) is 5.65. The number of anilines is 3. The zero-order valence-corrected chi connectivity index (χ0v) is 23.3. The number of hydrogen-bond acceptors (Lipinski definition) is 3. The molecule has 0 bridgehead atoms. The second-order valence-corrected chi connectivity index (χ2v) is 11.4. The Morgan fingerprint density at radius 3 is 1.98 bits per heavy atom. The van der Waals surface area contributed by atoms with E-state index in [1.165, 1.54) is 16.7 Å². The number of fused-ring (bicyclic) bond motifs is 3. The topological polar surface area (TPSA) is 37.4 Å². The van der Waals surface area contributed by atoms with Crippen molar-refractivity contribution in [3.8, 4) is 11.1 Å². The number of carbonyl (C=O) groups excluding carboxylic acids is 2. The maximum atomic E-state index is 13.3. The van der Waals surface area contributed by atoms with Gasteiger partial charge in [0.2, 0.25) is 0 Å². The summed E-state index contributed by atoms with van der Waals surface area (Å²) in [6.07, 6.45) is 1.76. The number of allylic oxidation sites excluding steroid dienone is 1. The molecule has 0 aromatic heterocycles. The van der Waals surface area contributed by atoms with Gasteiger partial charge in [0.25, 0.3) is 0 Å². The first-order valence-electron chi connectivity index (χ1n) is 13.9. The van der Waals surface area contributed by atoms with Crippen LogP contribution in [-0.2, 0) is 5.41 Å². The van der Waals surface area contributed by atoms with Gasteiger partial charge in [0.05, 0.1) is 16.9 Å². The van der Waals surface area contributed by atoms with Gasteiger partial charge in [-0.3, -0.25) is 9.59 Å². The van der Waals surface area contributed by atoms with E-state index in [-0.39, 0.29) is 22.6 Å². The molecule has 3 heteroatoms. The summed E-state index contributed by atoms with van der Waals surface area (Å²) in [5.74, 6) is -0.403. The quantitative estimate of drug-likeness (QED) is 0.172. The number of Topliss-reactive ketones (excluding diaryl/α,β-unsaturated/α-hetero) is 2. The van der Waals surface area contributed by atoms with Crippen LogP contribution in [0.5, 0.6) is 0 Å². The first-order chi connectivity index (χ1) is 19.8. The second kappa shape index (κ2) is 9.28. The molecule has 0 N–H and O–H groups in total. The van der Waals surface area contributed by atoms with Crippen LogP contribution in [0.3, 0.4) is 0 Å². The molecule has 0 saturated carbocycles. The van der Waals surface area contributed by atoms with Crippen molar-refractivity contribution in [2.75, 3.05) is 4.90 Å². The van der Waals surface area contributed by atoms with Gasteiger partial charge in [0, 0.05) is 22.2 Å². The number of carbonyl (C=O) groups is 2. The van der Waals surface area contributed by atoms with Crippen LogP contribution in [0.25, 0.3) is 17.2 Å². The predicted molar refractivity (Wildman–Crippen MR) is 167 cm³/mol. The third kappa shape index (κ3) is 3.96. The van der Waals surface area contributed by atoms with E-state index < -0.39 is 0 Å². The summed E-state index contributed by atoms with van der Waals surface area (Å²) in [6, 6.07) is 39.3. The lowest BCUT2D eigenvalue weighted by atomic mass is 9.72. The molecule has 0 saturated heterocycles. The fraction of sp³-hybridized carbons (Fsp3) is 0.105. The molecule has 1 heterocycles. The molecule has 1 aliphatic carbocycles. The Morgan fingerprint density at radius 2 is 1.24 bits per heavy atom. The number of nitrogens with zero attached hydrogens (tertiary/aromatic N) is 1. The van der Waals surface area contributed by atoms with Crippen molar-refractivity contribution in [2.45, 2.75) is 26.2 Å². The average Bonchev–Trinajstić information content (AvgIpc) is 3.22. The highest BCUT2D eigenvalue weighted by Gasteiger charge is 2.38. The largest absolute Gasteiger partial charge is 0.310 e. The molecular formula is C38H29NO2. The maximum Gasteiger partial charge on any atom is 0.197 e. The predicted octanol–water partition coefficient (Wildman–Crippen LogP) is 9.23. The number of rotatable bonds is 3. The summed E-state index contributed by atoms with van der Waals surface area (Å²) in [5, 5.41) is 0. The summed E-state index contributed by atoms with van der Waals surface area (Å²) >= 11 is 0. The number of aryl methyl sites for hydroxylation is 1. The molecular weight excluding hydrogens is 502 g/mol. The van der Waals surface area contributed by atoms with Gasteiger partial charge in [-0.2, -0.15) is 0 Å². The minimum absolute atomic E-state index is 0.200. The van der Waals surface area contributed by atoms with E-state index in [0.29, 0.717) is 11.1 Å². The standard InChI is InChI=1S/C38H29NO2/c1-24-14-17-29-30(20-24)37(41)31(36(29)40)21-25-15-18-34-32(22-25)38(2,3)33-23-27(26-10-6-4-7-11-26)16-19-35(33)39(34)28-12-8-5-9-13-28/h4-23H,1-3H3/b31-21-. The molecule has 198 valence electrons. The van der Waals surface area contributed by atoms with Crippen LogP contribution >= 0.6 is 0 Å². The van der Waals surface area contributed by atoms with Crippen LogP contribution in [0, 0.1) is 6.92 Å². The molecule has 0 unspecified atom stereocenters. The van der Waals surface area contributed by atoms with Crippen molar-refractivity contribution in [1.82, 2.24) is 0 Å². The fourth-order valence-corrected chi connectivity index (χ4v) is 6.25. The smallest absolute Gasteiger partial charge is 0.197 e. The van der Waals surface area contributed by atoms with Crippen LogP contribution in [0.1, 0.15) is 56.8 Å². The zero-order valence-electron chi connectivity index (χ0n) is 23.3. The van der Waals surface area contributed by atoms with Gasteiger partial charge in [-0.05, 0) is 83.3 Å². The molecule has 1 aliphatic heterocycles. The molecule has 0 atom stereocenters. The van der Waals surface area contributed by atoms with Crippen molar-refractivity contribution in [3.63, 3.8) is 0 Å². The molecule has 2 aliphatic rings. The highest BCUT2D eigenvalue weighted by Crippen LogP contribution is 2.53. The lowest BCUT2D eigenvalue weighted by molar-refractivity contribution is 0.0990. The van der Waals surface area contributed by atoms with Gasteiger partial charge in [-0.25, -0.2) is 0 Å². The first kappa shape index (κ1) is 25.0. The summed E-state index contributed by atoms with van der Waals surface area (Å²) in [5.41, 5.74) is 10.7. The second-order valence-electron chi connectivity index (χ2n) is 11.4. The van der Waals surface area contributed by atoms with Gasteiger partial charge in [0.1, 0.15) is 0 Å². The molecule has 0 amide bonds. The number of ketones is 2. The molecule has 5 aromatic rings. The van der Waals surface area contributed by atoms with E-state index in [9.17, 15) is 9.59 Å². The highest BCUT2D eigenvalue weighted by atomic mass is 16.2. The van der Waals surface area contributed by atoms with E-state index in [0.717, 1.165) is 33.8 Å². The van der Waals surface area contributed by atoms with Crippen LogP contribution in [-0.4, -0.2) is 11.6 Å². The summed E-state index contributed by atoms with van der Waals surface area (Å²) in [6.45, 7) is 6.44. The Hall–Kier alpha value is -5.02. The van der Waals surface area contributed by atoms with Crippen LogP contribution in [0.2, 0.25) is 0 Å². The van der Waals surface area contributed by atoms with Crippen molar-refractivity contribution in [3.05, 3.63) is 154 Å². The van der Waals surface area contributed by atoms with Crippen molar-refractivity contribution < 1.29 is 9.59 Å². The zero-order chi connectivity index (χ0) is 28.3. The minimum Gasteiger partial charge on any atom is -0.310 e. The van der Waals surface area contributed by atoms with E-state index in [4.69, 9.17) is 0 Å². The van der Waals surface area contributed by atoms with E-state index >= 15 is 0 Å². The molecule has 0 fully saturated rings. The van der Waals surface area contributed by atoms with Gasteiger partial charge in [0.15, 0.2) is 11.6 Å². The van der Waals surface area contributed by atoms with E-state index in [1.54, 1.807) is 12.1 Å². The lowest BCUT2D eigenvalue weighted by Crippen LogP contribution is -2.30. The van der Waals surface area contributed by atoms with Crippen molar-refractivity contribution in [2.24, 2.45) is 0 Å². The molecule has 5 aromatic carbocycles. The molecule has 41 heavy (non-hydrogen) atoms. The van der Waals surface area contributed by atoms with Crippen molar-refractivity contribution in [1.29, 1.82) is 0 Å². The van der Waals surface area contributed by atoms with Crippen molar-refractivity contribution >= 4 is 34.7 Å². The normalized spacial score (nSPS) is 16.0. The average molecular weight is 532 g/mol. The minimum atomic E-state index is -0.334. The molecule has 0 radical (unpaired) electrons. The lowest BCUT2D eigenvalue weighted by Gasteiger charge is -2.42.